The summed E-state index contributed by atoms with van der Waals surface area (Å²) in [5.74, 6) is 1.12. The van der Waals surface area contributed by atoms with Crippen LogP contribution in [0.25, 0.3) is 0 Å². The van der Waals surface area contributed by atoms with Crippen LogP contribution >= 0.6 is 15.9 Å². The summed E-state index contributed by atoms with van der Waals surface area (Å²) in [6.07, 6.45) is 7.88. The summed E-state index contributed by atoms with van der Waals surface area (Å²) in [6.45, 7) is 1.17. The number of hydrogen-bond acceptors (Lipinski definition) is 3. The molecule has 2 aromatic rings. The van der Waals surface area contributed by atoms with Crippen molar-refractivity contribution in [1.29, 1.82) is 0 Å². The number of ether oxygens (including phenoxy) is 2. The number of hydrogen-bond donors (Lipinski definition) is 1. The summed E-state index contributed by atoms with van der Waals surface area (Å²) < 4.78 is 25.4. The van der Waals surface area contributed by atoms with Crippen LogP contribution in [0.5, 0.6) is 11.5 Å². The Morgan fingerprint density at radius 3 is 2.41 bits per heavy atom. The summed E-state index contributed by atoms with van der Waals surface area (Å²) in [4.78, 5) is 0. The average Bonchev–Trinajstić information content (AvgIpc) is 2.95. The molecule has 0 aromatic heterocycles. The lowest BCUT2D eigenvalue weighted by Crippen LogP contribution is -2.27. The summed E-state index contributed by atoms with van der Waals surface area (Å²) in [5, 5.41) is 3.69. The second-order valence-electron chi connectivity index (χ2n) is 7.09. The standard InChI is InChI=1S/C22H27BrFNO2/c1-26-21-13-17(14-25-19-6-4-2-3-5-7-19)12-20(23)22(21)27-15-16-8-10-18(24)11-9-16/h8-13,19,25H,2-7,14-15H2,1H3. The predicted octanol–water partition coefficient (Wildman–Crippen LogP) is 5.99. The second-order valence-corrected chi connectivity index (χ2v) is 7.95. The summed E-state index contributed by atoms with van der Waals surface area (Å²) in [7, 11) is 1.65. The maximum absolute atomic E-state index is 13.0. The zero-order valence-corrected chi connectivity index (χ0v) is 17.4. The lowest BCUT2D eigenvalue weighted by molar-refractivity contribution is 0.282. The molecule has 0 spiro atoms. The third kappa shape index (κ3) is 5.94. The predicted molar refractivity (Wildman–Crippen MR) is 110 cm³/mol. The molecule has 5 heteroatoms. The van der Waals surface area contributed by atoms with E-state index in [9.17, 15) is 4.39 Å². The maximum Gasteiger partial charge on any atom is 0.175 e. The molecule has 0 radical (unpaired) electrons. The van der Waals surface area contributed by atoms with Crippen molar-refractivity contribution in [3.8, 4) is 11.5 Å². The van der Waals surface area contributed by atoms with Gasteiger partial charge in [0, 0.05) is 12.6 Å². The normalized spacial score (nSPS) is 15.4. The second kappa shape index (κ2) is 10.1. The number of rotatable bonds is 7. The summed E-state index contributed by atoms with van der Waals surface area (Å²) in [6, 6.07) is 11.0. The fraction of sp³-hybridized carbons (Fsp3) is 0.455. The first-order valence-electron chi connectivity index (χ1n) is 9.63. The molecule has 27 heavy (non-hydrogen) atoms. The average molecular weight is 436 g/mol. The molecule has 1 fully saturated rings. The lowest BCUT2D eigenvalue weighted by Gasteiger charge is -2.18. The summed E-state index contributed by atoms with van der Waals surface area (Å²) >= 11 is 3.61. The lowest BCUT2D eigenvalue weighted by atomic mass is 10.1. The minimum Gasteiger partial charge on any atom is -0.493 e. The number of benzene rings is 2. The molecule has 0 heterocycles. The van der Waals surface area contributed by atoms with Crippen molar-refractivity contribution in [1.82, 2.24) is 5.32 Å². The first-order valence-corrected chi connectivity index (χ1v) is 10.4. The Morgan fingerprint density at radius 2 is 1.74 bits per heavy atom. The monoisotopic (exact) mass is 435 g/mol. The van der Waals surface area contributed by atoms with Gasteiger partial charge in [-0.1, -0.05) is 37.8 Å². The van der Waals surface area contributed by atoms with Crippen LogP contribution in [0, 0.1) is 5.82 Å². The van der Waals surface area contributed by atoms with Crippen molar-refractivity contribution in [2.24, 2.45) is 0 Å². The van der Waals surface area contributed by atoms with Crippen molar-refractivity contribution in [2.75, 3.05) is 7.11 Å². The van der Waals surface area contributed by atoms with Crippen LogP contribution in [-0.2, 0) is 13.2 Å². The van der Waals surface area contributed by atoms with E-state index >= 15 is 0 Å². The molecule has 1 aliphatic carbocycles. The molecule has 3 nitrogen and oxygen atoms in total. The fourth-order valence-electron chi connectivity index (χ4n) is 3.50. The highest BCUT2D eigenvalue weighted by Gasteiger charge is 2.15. The van der Waals surface area contributed by atoms with E-state index in [0.717, 1.165) is 22.1 Å². The smallest absolute Gasteiger partial charge is 0.175 e. The Labute approximate surface area is 169 Å². The van der Waals surface area contributed by atoms with Gasteiger partial charge < -0.3 is 14.8 Å². The van der Waals surface area contributed by atoms with Gasteiger partial charge in [0.15, 0.2) is 11.5 Å². The van der Waals surface area contributed by atoms with E-state index in [1.165, 1.54) is 50.7 Å². The highest BCUT2D eigenvalue weighted by atomic mass is 79.9. The number of halogens is 2. The first kappa shape index (κ1) is 20.2. The van der Waals surface area contributed by atoms with Crippen LogP contribution < -0.4 is 14.8 Å². The van der Waals surface area contributed by atoms with E-state index in [0.29, 0.717) is 24.1 Å². The van der Waals surface area contributed by atoms with Gasteiger partial charge in [-0.15, -0.1) is 0 Å². The molecule has 3 rings (SSSR count). The molecule has 0 unspecified atom stereocenters. The topological polar surface area (TPSA) is 30.5 Å². The Kier molecular flexibility index (Phi) is 7.53. The Hall–Kier alpha value is -1.59. The number of nitrogens with one attached hydrogen (secondary N) is 1. The van der Waals surface area contributed by atoms with Gasteiger partial charge in [-0.05, 0) is 64.2 Å². The molecule has 0 atom stereocenters. The van der Waals surface area contributed by atoms with Gasteiger partial charge in [0.2, 0.25) is 0 Å². The highest BCUT2D eigenvalue weighted by molar-refractivity contribution is 9.10. The van der Waals surface area contributed by atoms with Crippen molar-refractivity contribution >= 4 is 15.9 Å². The van der Waals surface area contributed by atoms with Gasteiger partial charge in [-0.25, -0.2) is 4.39 Å². The largest absolute Gasteiger partial charge is 0.493 e. The van der Waals surface area contributed by atoms with Crippen LogP contribution in [0.3, 0.4) is 0 Å². The Balaban J connectivity index is 1.64. The molecule has 1 aliphatic rings. The van der Waals surface area contributed by atoms with Crippen molar-refractivity contribution < 1.29 is 13.9 Å². The zero-order chi connectivity index (χ0) is 19.1. The van der Waals surface area contributed by atoms with Crippen molar-refractivity contribution in [3.05, 3.63) is 57.8 Å². The van der Waals surface area contributed by atoms with E-state index in [-0.39, 0.29) is 5.82 Å². The van der Waals surface area contributed by atoms with Crippen molar-refractivity contribution in [3.63, 3.8) is 0 Å². The van der Waals surface area contributed by atoms with E-state index in [4.69, 9.17) is 9.47 Å². The van der Waals surface area contributed by atoms with E-state index in [1.807, 2.05) is 6.07 Å². The number of methoxy groups -OCH3 is 1. The molecule has 146 valence electrons. The SMILES string of the molecule is COc1cc(CNC2CCCCCC2)cc(Br)c1OCc1ccc(F)cc1. The van der Waals surface area contributed by atoms with Gasteiger partial charge in [-0.2, -0.15) is 0 Å². The molecule has 2 aromatic carbocycles. The molecule has 0 aliphatic heterocycles. The quantitative estimate of drug-likeness (QED) is 0.541. The molecule has 1 saturated carbocycles. The molecular weight excluding hydrogens is 409 g/mol. The molecule has 0 bridgehead atoms. The van der Waals surface area contributed by atoms with E-state index in [2.05, 4.69) is 27.3 Å². The minimum absolute atomic E-state index is 0.247. The van der Waals surface area contributed by atoms with Crippen LogP contribution in [0.2, 0.25) is 0 Å². The molecule has 0 saturated heterocycles. The first-order chi connectivity index (χ1) is 13.2. The molecule has 0 amide bonds. The highest BCUT2D eigenvalue weighted by Crippen LogP contribution is 2.37. The van der Waals surface area contributed by atoms with Crippen LogP contribution in [0.1, 0.15) is 49.7 Å². The fourth-order valence-corrected chi connectivity index (χ4v) is 4.10. The molecular formula is C22H27BrFNO2. The van der Waals surface area contributed by atoms with E-state index < -0.39 is 0 Å². The molecule has 1 N–H and O–H groups in total. The Bertz CT molecular complexity index is 728. The van der Waals surface area contributed by atoms with Gasteiger partial charge in [0.25, 0.3) is 0 Å². The van der Waals surface area contributed by atoms with Crippen molar-refractivity contribution in [2.45, 2.75) is 57.7 Å². The van der Waals surface area contributed by atoms with Gasteiger partial charge in [0.1, 0.15) is 12.4 Å². The van der Waals surface area contributed by atoms with E-state index in [1.54, 1.807) is 19.2 Å². The van der Waals surface area contributed by atoms with Crippen LogP contribution in [0.4, 0.5) is 4.39 Å². The summed E-state index contributed by atoms with van der Waals surface area (Å²) in [5.41, 5.74) is 2.07. The minimum atomic E-state index is -0.247. The van der Waals surface area contributed by atoms with Crippen LogP contribution in [0.15, 0.2) is 40.9 Å². The van der Waals surface area contributed by atoms with Gasteiger partial charge >= 0.3 is 0 Å². The third-order valence-corrected chi connectivity index (χ3v) is 5.62. The third-order valence-electron chi connectivity index (χ3n) is 5.04. The van der Waals surface area contributed by atoms with Crippen LogP contribution in [-0.4, -0.2) is 13.2 Å². The maximum atomic E-state index is 13.0. The zero-order valence-electron chi connectivity index (χ0n) is 15.8. The Morgan fingerprint density at radius 1 is 1.04 bits per heavy atom. The van der Waals surface area contributed by atoms with Gasteiger partial charge in [0.05, 0.1) is 11.6 Å². The van der Waals surface area contributed by atoms with Gasteiger partial charge in [-0.3, -0.25) is 0 Å².